The number of rotatable bonds is 2. The minimum Gasteiger partial charge on any atom is -0.351 e. The van der Waals surface area contributed by atoms with Gasteiger partial charge in [0.2, 0.25) is 5.76 Å². The fourth-order valence-electron chi connectivity index (χ4n) is 2.81. The molecule has 0 N–H and O–H groups in total. The molecule has 0 aliphatic carbocycles. The highest BCUT2D eigenvalue weighted by atomic mass is 19.4. The van der Waals surface area contributed by atoms with Crippen molar-refractivity contribution in [2.75, 3.05) is 13.1 Å². The van der Waals surface area contributed by atoms with Crippen LogP contribution in [0.4, 0.5) is 13.2 Å². The van der Waals surface area contributed by atoms with Crippen LogP contribution >= 0.6 is 0 Å². The van der Waals surface area contributed by atoms with Crippen LogP contribution < -0.4 is 0 Å². The van der Waals surface area contributed by atoms with E-state index < -0.39 is 11.7 Å². The maximum absolute atomic E-state index is 12.8. The third kappa shape index (κ3) is 3.23. The quantitative estimate of drug-likeness (QED) is 0.847. The van der Waals surface area contributed by atoms with Gasteiger partial charge in [0.15, 0.2) is 0 Å². The number of aryl methyl sites for hydroxylation is 1. The minimum atomic E-state index is -4.36. The average Bonchev–Trinajstić information content (AvgIpc) is 3.15. The van der Waals surface area contributed by atoms with Crippen LogP contribution in [0.15, 0.2) is 34.9 Å². The monoisotopic (exact) mass is 324 g/mol. The van der Waals surface area contributed by atoms with Gasteiger partial charge in [-0.05, 0) is 25.0 Å². The number of carbonyl (C=O) groups excluding carboxylic acids is 1. The molecule has 1 atom stereocenters. The molecule has 1 aliphatic rings. The van der Waals surface area contributed by atoms with Crippen LogP contribution in [0.2, 0.25) is 0 Å². The second kappa shape index (κ2) is 5.72. The molecule has 2 heterocycles. The van der Waals surface area contributed by atoms with Crippen molar-refractivity contribution in [3.8, 4) is 0 Å². The van der Waals surface area contributed by atoms with Crippen LogP contribution in [0.25, 0.3) is 0 Å². The van der Waals surface area contributed by atoms with Crippen molar-refractivity contribution in [3.05, 3.63) is 52.9 Å². The van der Waals surface area contributed by atoms with Gasteiger partial charge < -0.3 is 9.42 Å². The SMILES string of the molecule is Cc1cc(C(=O)N2CC[C@@H](c3cccc(C(F)(F)F)c3)C2)on1. The number of nitrogens with zero attached hydrogens (tertiary/aromatic N) is 2. The first kappa shape index (κ1) is 15.6. The summed E-state index contributed by atoms with van der Waals surface area (Å²) in [6.45, 7) is 2.58. The average molecular weight is 324 g/mol. The van der Waals surface area contributed by atoms with Crippen molar-refractivity contribution in [3.63, 3.8) is 0 Å². The molecule has 1 amide bonds. The Morgan fingerprint density at radius 2 is 2.13 bits per heavy atom. The van der Waals surface area contributed by atoms with Crippen molar-refractivity contribution in [2.45, 2.75) is 25.4 Å². The molecule has 1 aliphatic heterocycles. The van der Waals surface area contributed by atoms with Crippen LogP contribution in [-0.2, 0) is 6.18 Å². The van der Waals surface area contributed by atoms with E-state index in [-0.39, 0.29) is 17.6 Å². The van der Waals surface area contributed by atoms with E-state index in [0.717, 1.165) is 12.1 Å². The Bertz CT molecular complexity index is 724. The number of likely N-dealkylation sites (tertiary alicyclic amines) is 1. The molecule has 0 saturated carbocycles. The maximum Gasteiger partial charge on any atom is 0.416 e. The Kier molecular flexibility index (Phi) is 3.87. The van der Waals surface area contributed by atoms with Gasteiger partial charge in [-0.1, -0.05) is 23.4 Å². The summed E-state index contributed by atoms with van der Waals surface area (Å²) in [5.41, 5.74) is 0.552. The third-order valence-corrected chi connectivity index (χ3v) is 4.00. The molecule has 1 aromatic heterocycles. The van der Waals surface area contributed by atoms with Gasteiger partial charge in [0, 0.05) is 25.1 Å². The van der Waals surface area contributed by atoms with Crippen LogP contribution in [0.3, 0.4) is 0 Å². The van der Waals surface area contributed by atoms with Gasteiger partial charge in [-0.2, -0.15) is 13.2 Å². The summed E-state index contributed by atoms with van der Waals surface area (Å²) in [5.74, 6) is -0.225. The molecule has 4 nitrogen and oxygen atoms in total. The van der Waals surface area contributed by atoms with Gasteiger partial charge in [-0.15, -0.1) is 0 Å². The Hall–Kier alpha value is -2.31. The first-order chi connectivity index (χ1) is 10.8. The zero-order valence-corrected chi connectivity index (χ0v) is 12.4. The first-order valence-corrected chi connectivity index (χ1v) is 7.24. The van der Waals surface area contributed by atoms with Gasteiger partial charge in [0.25, 0.3) is 5.91 Å². The highest BCUT2D eigenvalue weighted by Crippen LogP contribution is 2.34. The van der Waals surface area contributed by atoms with E-state index in [4.69, 9.17) is 4.52 Å². The topological polar surface area (TPSA) is 46.3 Å². The Labute approximate surface area is 130 Å². The van der Waals surface area contributed by atoms with E-state index in [2.05, 4.69) is 5.16 Å². The summed E-state index contributed by atoms with van der Waals surface area (Å²) in [5, 5.41) is 3.68. The van der Waals surface area contributed by atoms with Crippen LogP contribution in [-0.4, -0.2) is 29.1 Å². The predicted molar refractivity (Wildman–Crippen MR) is 75.9 cm³/mol. The van der Waals surface area contributed by atoms with Crippen molar-refractivity contribution in [1.82, 2.24) is 10.1 Å². The highest BCUT2D eigenvalue weighted by molar-refractivity contribution is 5.91. The number of hydrogen-bond donors (Lipinski definition) is 0. The van der Waals surface area contributed by atoms with Gasteiger partial charge in [-0.25, -0.2) is 0 Å². The lowest BCUT2D eigenvalue weighted by Gasteiger charge is -2.16. The first-order valence-electron chi connectivity index (χ1n) is 7.24. The molecular weight excluding hydrogens is 309 g/mol. The van der Waals surface area contributed by atoms with Gasteiger partial charge in [0.05, 0.1) is 11.3 Å². The normalized spacial score (nSPS) is 18.4. The Morgan fingerprint density at radius 3 is 2.78 bits per heavy atom. The smallest absolute Gasteiger partial charge is 0.351 e. The Morgan fingerprint density at radius 1 is 1.35 bits per heavy atom. The molecule has 0 radical (unpaired) electrons. The fraction of sp³-hybridized carbons (Fsp3) is 0.375. The van der Waals surface area contributed by atoms with Crippen LogP contribution in [0.5, 0.6) is 0 Å². The number of benzene rings is 1. The Balaban J connectivity index is 1.74. The second-order valence-corrected chi connectivity index (χ2v) is 5.69. The maximum atomic E-state index is 12.8. The lowest BCUT2D eigenvalue weighted by atomic mass is 9.96. The van der Waals surface area contributed by atoms with E-state index in [1.165, 1.54) is 6.07 Å². The summed E-state index contributed by atoms with van der Waals surface area (Å²) >= 11 is 0. The zero-order valence-electron chi connectivity index (χ0n) is 12.4. The molecule has 0 unspecified atom stereocenters. The minimum absolute atomic E-state index is 0.106. The molecule has 23 heavy (non-hydrogen) atoms. The predicted octanol–water partition coefficient (Wildman–Crippen LogP) is 3.63. The van der Waals surface area contributed by atoms with E-state index in [1.807, 2.05) is 0 Å². The molecule has 0 bridgehead atoms. The molecule has 3 rings (SSSR count). The fourth-order valence-corrected chi connectivity index (χ4v) is 2.81. The lowest BCUT2D eigenvalue weighted by Crippen LogP contribution is -2.28. The number of alkyl halides is 3. The third-order valence-electron chi connectivity index (χ3n) is 4.00. The largest absolute Gasteiger partial charge is 0.416 e. The zero-order chi connectivity index (χ0) is 16.6. The number of amides is 1. The molecule has 1 aromatic carbocycles. The van der Waals surface area contributed by atoms with Gasteiger partial charge >= 0.3 is 6.18 Å². The molecule has 0 spiro atoms. The second-order valence-electron chi connectivity index (χ2n) is 5.69. The standard InChI is InChI=1S/C16H15F3N2O2/c1-10-7-14(23-20-10)15(22)21-6-5-12(9-21)11-3-2-4-13(8-11)16(17,18)19/h2-4,7-8,12H,5-6,9H2,1H3/t12-/m1/s1. The summed E-state index contributed by atoms with van der Waals surface area (Å²) in [6, 6.07) is 6.85. The number of carbonyl (C=O) groups is 1. The molecule has 1 fully saturated rings. The summed E-state index contributed by atoms with van der Waals surface area (Å²) in [4.78, 5) is 13.9. The van der Waals surface area contributed by atoms with E-state index in [0.29, 0.717) is 30.8 Å². The molecule has 2 aromatic rings. The van der Waals surface area contributed by atoms with Crippen molar-refractivity contribution >= 4 is 5.91 Å². The van der Waals surface area contributed by atoms with Crippen LogP contribution in [0.1, 0.15) is 39.7 Å². The van der Waals surface area contributed by atoms with Crippen molar-refractivity contribution in [2.24, 2.45) is 0 Å². The molecule has 122 valence electrons. The summed E-state index contributed by atoms with van der Waals surface area (Å²) < 4.78 is 43.4. The molecule has 7 heteroatoms. The van der Waals surface area contributed by atoms with E-state index in [1.54, 1.807) is 24.0 Å². The van der Waals surface area contributed by atoms with Gasteiger partial charge in [0.1, 0.15) is 0 Å². The number of aromatic nitrogens is 1. The van der Waals surface area contributed by atoms with Crippen molar-refractivity contribution < 1.29 is 22.5 Å². The van der Waals surface area contributed by atoms with E-state index >= 15 is 0 Å². The molecular formula is C16H15F3N2O2. The molecule has 1 saturated heterocycles. The van der Waals surface area contributed by atoms with E-state index in [9.17, 15) is 18.0 Å². The lowest BCUT2D eigenvalue weighted by molar-refractivity contribution is -0.137. The van der Waals surface area contributed by atoms with Crippen LogP contribution in [0, 0.1) is 6.92 Å². The number of hydrogen-bond acceptors (Lipinski definition) is 3. The van der Waals surface area contributed by atoms with Gasteiger partial charge in [-0.3, -0.25) is 4.79 Å². The highest BCUT2D eigenvalue weighted by Gasteiger charge is 2.33. The summed E-state index contributed by atoms with van der Waals surface area (Å²) in [6.07, 6.45) is -3.73. The van der Waals surface area contributed by atoms with Crippen molar-refractivity contribution in [1.29, 1.82) is 0 Å². The number of halogens is 3. The summed E-state index contributed by atoms with van der Waals surface area (Å²) in [7, 11) is 0.